The zero-order valence-corrected chi connectivity index (χ0v) is 16.9. The number of hydrogen-bond acceptors (Lipinski definition) is 3. The zero-order chi connectivity index (χ0) is 17.4. The molecule has 25 heavy (non-hydrogen) atoms. The second kappa shape index (κ2) is 11.1. The van der Waals surface area contributed by atoms with Crippen molar-refractivity contribution in [2.24, 2.45) is 4.99 Å². The average Bonchev–Trinajstić information content (AvgIpc) is 2.57. The summed E-state index contributed by atoms with van der Waals surface area (Å²) >= 11 is 0. The van der Waals surface area contributed by atoms with Crippen LogP contribution in [0.1, 0.15) is 26.7 Å². The number of nitrogens with zero attached hydrogens (tertiary/aromatic N) is 1. The van der Waals surface area contributed by atoms with Gasteiger partial charge >= 0.3 is 0 Å². The molecule has 0 spiro atoms. The molecule has 1 aliphatic heterocycles. The van der Waals surface area contributed by atoms with E-state index in [9.17, 15) is 9.18 Å². The van der Waals surface area contributed by atoms with E-state index in [1.165, 1.54) is 12.1 Å². The molecular weight excluding hydrogens is 438 g/mol. The third-order valence-corrected chi connectivity index (χ3v) is 3.61. The highest BCUT2D eigenvalue weighted by Crippen LogP contribution is 2.13. The van der Waals surface area contributed by atoms with Crippen LogP contribution in [0.3, 0.4) is 0 Å². The van der Waals surface area contributed by atoms with Gasteiger partial charge in [0.1, 0.15) is 17.7 Å². The molecule has 1 aliphatic rings. The van der Waals surface area contributed by atoms with Crippen LogP contribution in [0, 0.1) is 5.82 Å². The molecule has 0 aliphatic carbocycles. The van der Waals surface area contributed by atoms with Gasteiger partial charge in [-0.2, -0.15) is 0 Å². The van der Waals surface area contributed by atoms with Gasteiger partial charge in [-0.25, -0.2) is 9.38 Å². The minimum atomic E-state index is -0.286. The van der Waals surface area contributed by atoms with Gasteiger partial charge in [0.25, 0.3) is 0 Å². The average molecular weight is 464 g/mol. The van der Waals surface area contributed by atoms with Gasteiger partial charge in [-0.05, 0) is 44.5 Å². The predicted octanol–water partition coefficient (Wildman–Crippen LogP) is 2.04. The van der Waals surface area contributed by atoms with Crippen molar-refractivity contribution >= 4 is 35.8 Å². The van der Waals surface area contributed by atoms with Gasteiger partial charge < -0.3 is 20.7 Å². The maximum Gasteiger partial charge on any atom is 0.220 e. The molecule has 1 amide bonds. The lowest BCUT2D eigenvalue weighted by Crippen LogP contribution is -2.51. The van der Waals surface area contributed by atoms with Crippen molar-refractivity contribution in [1.29, 1.82) is 0 Å². The quantitative estimate of drug-likeness (QED) is 0.342. The third-order valence-electron chi connectivity index (χ3n) is 3.61. The first-order valence-electron chi connectivity index (χ1n) is 8.30. The van der Waals surface area contributed by atoms with Crippen LogP contribution in [-0.4, -0.2) is 43.6 Å². The predicted molar refractivity (Wildman–Crippen MR) is 107 cm³/mol. The summed E-state index contributed by atoms with van der Waals surface area (Å²) in [6.07, 6.45) is 1.18. The number of nitrogens with one attached hydrogen (secondary N) is 3. The van der Waals surface area contributed by atoms with E-state index in [1.54, 1.807) is 12.1 Å². The number of hydrogen-bond donors (Lipinski definition) is 3. The molecule has 2 atom stereocenters. The van der Waals surface area contributed by atoms with E-state index < -0.39 is 0 Å². The van der Waals surface area contributed by atoms with E-state index in [-0.39, 0.29) is 47.8 Å². The summed E-state index contributed by atoms with van der Waals surface area (Å²) in [5.41, 5.74) is 0. The Morgan fingerprint density at radius 1 is 1.44 bits per heavy atom. The molecule has 6 nitrogen and oxygen atoms in total. The number of rotatable bonds is 6. The van der Waals surface area contributed by atoms with E-state index in [2.05, 4.69) is 20.9 Å². The Morgan fingerprint density at radius 3 is 2.76 bits per heavy atom. The first-order chi connectivity index (χ1) is 11.6. The Bertz CT molecular complexity index is 558. The van der Waals surface area contributed by atoms with Crippen molar-refractivity contribution in [2.45, 2.75) is 38.8 Å². The van der Waals surface area contributed by atoms with Crippen LogP contribution in [0.5, 0.6) is 5.75 Å². The van der Waals surface area contributed by atoms with Crippen LogP contribution in [0.15, 0.2) is 29.3 Å². The van der Waals surface area contributed by atoms with Gasteiger partial charge in [-0.3, -0.25) is 4.79 Å². The van der Waals surface area contributed by atoms with Crippen LogP contribution in [-0.2, 0) is 4.79 Å². The van der Waals surface area contributed by atoms with Gasteiger partial charge in [-0.1, -0.05) is 0 Å². The third kappa shape index (κ3) is 7.89. The standard InChI is InChI=1S/C17H25FN4O2.HI/c1-3-19-17(22-14-6-9-16(23)20-11-14)21-10-12(2)24-15-7-4-13(18)5-8-15;/h4-5,7-8,12,14H,3,6,9-11H2,1-2H3,(H,20,23)(H2,19,21,22);1H. The Hall–Kier alpha value is -1.58. The second-order valence-electron chi connectivity index (χ2n) is 5.79. The van der Waals surface area contributed by atoms with Crippen LogP contribution < -0.4 is 20.7 Å². The van der Waals surface area contributed by atoms with Crippen LogP contribution in [0.25, 0.3) is 0 Å². The lowest BCUT2D eigenvalue weighted by atomic mass is 10.1. The smallest absolute Gasteiger partial charge is 0.220 e. The summed E-state index contributed by atoms with van der Waals surface area (Å²) in [6.45, 7) is 5.73. The molecule has 0 aromatic heterocycles. The van der Waals surface area contributed by atoms with Gasteiger partial charge in [0, 0.05) is 25.6 Å². The molecule has 1 aromatic rings. The van der Waals surface area contributed by atoms with E-state index in [0.29, 0.717) is 31.2 Å². The molecule has 0 saturated carbocycles. The van der Waals surface area contributed by atoms with Crippen molar-refractivity contribution in [2.75, 3.05) is 19.6 Å². The fourth-order valence-corrected chi connectivity index (χ4v) is 2.37. The SMILES string of the molecule is CCNC(=NCC(C)Oc1ccc(F)cc1)NC1CCC(=O)NC1.I. The molecule has 8 heteroatoms. The van der Waals surface area contributed by atoms with Gasteiger partial charge in [0.05, 0.1) is 6.54 Å². The molecule has 140 valence electrons. The lowest BCUT2D eigenvalue weighted by Gasteiger charge is -2.25. The summed E-state index contributed by atoms with van der Waals surface area (Å²) < 4.78 is 18.6. The first kappa shape index (κ1) is 21.5. The van der Waals surface area contributed by atoms with Crippen molar-refractivity contribution in [1.82, 2.24) is 16.0 Å². The summed E-state index contributed by atoms with van der Waals surface area (Å²) in [7, 11) is 0. The van der Waals surface area contributed by atoms with Gasteiger partial charge in [-0.15, -0.1) is 24.0 Å². The molecule has 1 heterocycles. The summed E-state index contributed by atoms with van der Waals surface area (Å²) in [6, 6.07) is 6.12. The minimum absolute atomic E-state index is 0. The maximum absolute atomic E-state index is 12.9. The number of amides is 1. The summed E-state index contributed by atoms with van der Waals surface area (Å²) in [5, 5.41) is 9.35. The molecule has 2 unspecified atom stereocenters. The molecule has 1 aromatic carbocycles. The number of aliphatic imine (C=N–C) groups is 1. The zero-order valence-electron chi connectivity index (χ0n) is 14.5. The Balaban J connectivity index is 0.00000312. The van der Waals surface area contributed by atoms with E-state index in [4.69, 9.17) is 4.74 Å². The van der Waals surface area contributed by atoms with Gasteiger partial charge in [0.15, 0.2) is 5.96 Å². The number of piperidine rings is 1. The highest BCUT2D eigenvalue weighted by Gasteiger charge is 2.18. The Kier molecular flexibility index (Phi) is 9.54. The fourth-order valence-electron chi connectivity index (χ4n) is 2.37. The molecule has 1 saturated heterocycles. The number of guanidine groups is 1. The van der Waals surface area contributed by atoms with Crippen molar-refractivity contribution in [3.63, 3.8) is 0 Å². The second-order valence-corrected chi connectivity index (χ2v) is 5.79. The normalized spacial score (nSPS) is 18.6. The number of halogens is 2. The largest absolute Gasteiger partial charge is 0.489 e. The number of benzene rings is 1. The van der Waals surface area contributed by atoms with Gasteiger partial charge in [0.2, 0.25) is 5.91 Å². The highest BCUT2D eigenvalue weighted by atomic mass is 127. The summed E-state index contributed by atoms with van der Waals surface area (Å²) in [4.78, 5) is 15.7. The lowest BCUT2D eigenvalue weighted by molar-refractivity contribution is -0.122. The fraction of sp³-hybridized carbons (Fsp3) is 0.529. The molecule has 0 radical (unpaired) electrons. The number of ether oxygens (including phenoxy) is 1. The Morgan fingerprint density at radius 2 is 2.16 bits per heavy atom. The van der Waals surface area contributed by atoms with Crippen molar-refractivity contribution < 1.29 is 13.9 Å². The molecule has 1 fully saturated rings. The van der Waals surface area contributed by atoms with Crippen molar-refractivity contribution in [3.05, 3.63) is 30.1 Å². The molecular formula is C17H26FIN4O2. The monoisotopic (exact) mass is 464 g/mol. The maximum atomic E-state index is 12.9. The minimum Gasteiger partial charge on any atom is -0.489 e. The van der Waals surface area contributed by atoms with Crippen LogP contribution in [0.2, 0.25) is 0 Å². The topological polar surface area (TPSA) is 74.8 Å². The molecule has 2 rings (SSSR count). The molecule has 3 N–H and O–H groups in total. The number of carbonyl (C=O) groups is 1. The Labute approximate surface area is 165 Å². The van der Waals surface area contributed by atoms with Crippen molar-refractivity contribution in [3.8, 4) is 5.75 Å². The van der Waals surface area contributed by atoms with E-state index in [0.717, 1.165) is 13.0 Å². The number of carbonyl (C=O) groups excluding carboxylic acids is 1. The van der Waals surface area contributed by atoms with E-state index >= 15 is 0 Å². The summed E-state index contributed by atoms with van der Waals surface area (Å²) in [5.74, 6) is 1.13. The van der Waals surface area contributed by atoms with Crippen LogP contribution >= 0.6 is 24.0 Å². The molecule has 0 bridgehead atoms. The van der Waals surface area contributed by atoms with Crippen LogP contribution in [0.4, 0.5) is 4.39 Å². The van der Waals surface area contributed by atoms with E-state index in [1.807, 2.05) is 13.8 Å². The first-order valence-corrected chi connectivity index (χ1v) is 8.30. The highest BCUT2D eigenvalue weighted by molar-refractivity contribution is 14.0.